The van der Waals surface area contributed by atoms with Gasteiger partial charge in [-0.25, -0.2) is 4.68 Å². The minimum absolute atomic E-state index is 0.208. The van der Waals surface area contributed by atoms with Crippen LogP contribution < -0.4 is 5.32 Å². The Balaban J connectivity index is 2.09. The molecule has 21 heavy (non-hydrogen) atoms. The minimum atomic E-state index is 0.208. The van der Waals surface area contributed by atoms with Gasteiger partial charge >= 0.3 is 0 Å². The predicted molar refractivity (Wildman–Crippen MR) is 85.0 cm³/mol. The van der Waals surface area contributed by atoms with E-state index in [0.29, 0.717) is 12.0 Å². The molecule has 5 nitrogen and oxygen atoms in total. The van der Waals surface area contributed by atoms with Gasteiger partial charge in [0, 0.05) is 0 Å². The van der Waals surface area contributed by atoms with Crippen molar-refractivity contribution >= 4 is 0 Å². The average molecular weight is 293 g/mol. The smallest absolute Gasteiger partial charge is 0.168 e. The third-order valence-electron chi connectivity index (χ3n) is 4.66. The summed E-state index contributed by atoms with van der Waals surface area (Å²) in [5.41, 5.74) is 0. The Labute approximate surface area is 128 Å². The second kappa shape index (κ2) is 7.87. The SMILES string of the molecule is CCC(C1CCCCC1)n1nnnc1C(C)NCC(C)C. The van der Waals surface area contributed by atoms with E-state index in [2.05, 4.69) is 53.2 Å². The van der Waals surface area contributed by atoms with Gasteiger partial charge in [-0.3, -0.25) is 0 Å². The molecule has 0 bridgehead atoms. The molecule has 0 saturated heterocycles. The highest BCUT2D eigenvalue weighted by Gasteiger charge is 2.28. The molecule has 1 aliphatic rings. The number of tetrazole rings is 1. The van der Waals surface area contributed by atoms with E-state index < -0.39 is 0 Å². The Morgan fingerprint density at radius 2 is 1.90 bits per heavy atom. The standard InChI is InChI=1S/C16H31N5/c1-5-15(14-9-7-6-8-10-14)21-16(18-19-20-21)13(4)17-11-12(2)3/h12-15,17H,5-11H2,1-4H3. The first kappa shape index (κ1) is 16.4. The highest BCUT2D eigenvalue weighted by Crippen LogP contribution is 2.35. The molecule has 1 N–H and O–H groups in total. The zero-order valence-corrected chi connectivity index (χ0v) is 14.0. The number of rotatable bonds is 7. The fourth-order valence-corrected chi connectivity index (χ4v) is 3.45. The molecule has 1 saturated carbocycles. The number of hydrogen-bond acceptors (Lipinski definition) is 4. The molecule has 1 heterocycles. The van der Waals surface area contributed by atoms with Gasteiger partial charge in [-0.1, -0.05) is 40.0 Å². The Morgan fingerprint density at radius 3 is 2.52 bits per heavy atom. The van der Waals surface area contributed by atoms with Crippen LogP contribution in [0.3, 0.4) is 0 Å². The summed E-state index contributed by atoms with van der Waals surface area (Å²) in [5.74, 6) is 2.37. The molecule has 1 aromatic rings. The van der Waals surface area contributed by atoms with Gasteiger partial charge < -0.3 is 5.32 Å². The number of nitrogens with one attached hydrogen (secondary N) is 1. The molecule has 2 atom stereocenters. The summed E-state index contributed by atoms with van der Waals surface area (Å²) in [4.78, 5) is 0. The zero-order valence-electron chi connectivity index (χ0n) is 14.0. The zero-order chi connectivity index (χ0) is 15.2. The van der Waals surface area contributed by atoms with Crippen LogP contribution in [-0.2, 0) is 0 Å². The van der Waals surface area contributed by atoms with Crippen molar-refractivity contribution in [1.82, 2.24) is 25.5 Å². The molecule has 5 heteroatoms. The van der Waals surface area contributed by atoms with Crippen molar-refractivity contribution in [2.75, 3.05) is 6.54 Å². The maximum absolute atomic E-state index is 4.33. The van der Waals surface area contributed by atoms with Crippen LogP contribution in [0.2, 0.25) is 0 Å². The predicted octanol–water partition coefficient (Wildman–Crippen LogP) is 3.51. The van der Waals surface area contributed by atoms with E-state index in [1.54, 1.807) is 0 Å². The Bertz CT molecular complexity index is 409. The second-order valence-corrected chi connectivity index (χ2v) is 6.88. The first-order valence-electron chi connectivity index (χ1n) is 8.64. The van der Waals surface area contributed by atoms with Crippen LogP contribution in [0.15, 0.2) is 0 Å². The topological polar surface area (TPSA) is 55.6 Å². The summed E-state index contributed by atoms with van der Waals surface area (Å²) in [6.45, 7) is 9.86. The van der Waals surface area contributed by atoms with Gasteiger partial charge in [0.2, 0.25) is 0 Å². The minimum Gasteiger partial charge on any atom is -0.307 e. The van der Waals surface area contributed by atoms with Crippen molar-refractivity contribution in [1.29, 1.82) is 0 Å². The van der Waals surface area contributed by atoms with Gasteiger partial charge in [0.15, 0.2) is 5.82 Å². The molecule has 0 radical (unpaired) electrons. The summed E-state index contributed by atoms with van der Waals surface area (Å²) < 4.78 is 2.11. The largest absolute Gasteiger partial charge is 0.307 e. The second-order valence-electron chi connectivity index (χ2n) is 6.88. The summed E-state index contributed by atoms with van der Waals surface area (Å²) in [6, 6.07) is 0.665. The van der Waals surface area contributed by atoms with E-state index in [9.17, 15) is 0 Å². The number of hydrogen-bond donors (Lipinski definition) is 1. The van der Waals surface area contributed by atoms with E-state index in [0.717, 1.165) is 24.7 Å². The van der Waals surface area contributed by atoms with Crippen molar-refractivity contribution in [2.45, 2.75) is 78.3 Å². The fraction of sp³-hybridized carbons (Fsp3) is 0.938. The van der Waals surface area contributed by atoms with Gasteiger partial charge in [-0.05, 0) is 55.0 Å². The number of aromatic nitrogens is 4. The molecule has 120 valence electrons. The van der Waals surface area contributed by atoms with Crippen molar-refractivity contribution < 1.29 is 0 Å². The van der Waals surface area contributed by atoms with Crippen LogP contribution in [0, 0.1) is 11.8 Å². The first-order chi connectivity index (χ1) is 10.1. The number of nitrogens with zero attached hydrogens (tertiary/aromatic N) is 4. The molecule has 2 unspecified atom stereocenters. The third-order valence-corrected chi connectivity index (χ3v) is 4.66. The summed E-state index contributed by atoms with van der Waals surface area (Å²) >= 11 is 0. The van der Waals surface area contributed by atoms with E-state index in [1.807, 2.05) is 0 Å². The maximum atomic E-state index is 4.33. The van der Waals surface area contributed by atoms with Crippen LogP contribution in [0.4, 0.5) is 0 Å². The summed E-state index contributed by atoms with van der Waals surface area (Å²) in [6.07, 6.45) is 7.87. The normalized spacial score (nSPS) is 19.9. The third kappa shape index (κ3) is 4.25. The molecule has 0 aliphatic heterocycles. The van der Waals surface area contributed by atoms with Crippen molar-refractivity contribution in [3.63, 3.8) is 0 Å². The Kier molecular flexibility index (Phi) is 6.15. The molecule has 0 amide bonds. The molecular formula is C16H31N5. The van der Waals surface area contributed by atoms with Crippen LogP contribution in [-0.4, -0.2) is 26.8 Å². The molecule has 0 spiro atoms. The van der Waals surface area contributed by atoms with Gasteiger partial charge in [-0.15, -0.1) is 5.10 Å². The molecule has 1 aromatic heterocycles. The lowest BCUT2D eigenvalue weighted by atomic mass is 9.83. The summed E-state index contributed by atoms with van der Waals surface area (Å²) in [7, 11) is 0. The quantitative estimate of drug-likeness (QED) is 0.836. The van der Waals surface area contributed by atoms with E-state index >= 15 is 0 Å². The monoisotopic (exact) mass is 293 g/mol. The Hall–Kier alpha value is -0.970. The molecule has 1 aliphatic carbocycles. The first-order valence-corrected chi connectivity index (χ1v) is 8.64. The molecular weight excluding hydrogens is 262 g/mol. The van der Waals surface area contributed by atoms with Crippen LogP contribution in [0.5, 0.6) is 0 Å². The fourth-order valence-electron chi connectivity index (χ4n) is 3.45. The highest BCUT2D eigenvalue weighted by atomic mass is 15.6. The van der Waals surface area contributed by atoms with E-state index in [-0.39, 0.29) is 6.04 Å². The molecule has 0 aromatic carbocycles. The average Bonchev–Trinajstić information content (AvgIpc) is 2.96. The van der Waals surface area contributed by atoms with Crippen molar-refractivity contribution in [3.8, 4) is 0 Å². The van der Waals surface area contributed by atoms with Gasteiger partial charge in [0.25, 0.3) is 0 Å². The van der Waals surface area contributed by atoms with Crippen LogP contribution in [0.1, 0.15) is 84.1 Å². The van der Waals surface area contributed by atoms with Crippen LogP contribution >= 0.6 is 0 Å². The highest BCUT2D eigenvalue weighted by molar-refractivity contribution is 4.93. The molecule has 2 rings (SSSR count). The van der Waals surface area contributed by atoms with Gasteiger partial charge in [0.1, 0.15) is 0 Å². The van der Waals surface area contributed by atoms with Gasteiger partial charge in [0.05, 0.1) is 12.1 Å². The summed E-state index contributed by atoms with van der Waals surface area (Å²) in [5, 5.41) is 16.1. The molecule has 1 fully saturated rings. The lowest BCUT2D eigenvalue weighted by Crippen LogP contribution is -2.29. The van der Waals surface area contributed by atoms with Crippen molar-refractivity contribution in [3.05, 3.63) is 5.82 Å². The Morgan fingerprint density at radius 1 is 1.19 bits per heavy atom. The lowest BCUT2D eigenvalue weighted by Gasteiger charge is -2.30. The van der Waals surface area contributed by atoms with Crippen molar-refractivity contribution in [2.24, 2.45) is 11.8 Å². The van der Waals surface area contributed by atoms with Gasteiger partial charge in [-0.2, -0.15) is 0 Å². The maximum Gasteiger partial charge on any atom is 0.168 e. The van der Waals surface area contributed by atoms with E-state index in [4.69, 9.17) is 0 Å². The van der Waals surface area contributed by atoms with E-state index in [1.165, 1.54) is 32.1 Å². The van der Waals surface area contributed by atoms with Crippen LogP contribution in [0.25, 0.3) is 0 Å². The lowest BCUT2D eigenvalue weighted by molar-refractivity contribution is 0.219.